The zero-order valence-electron chi connectivity index (χ0n) is 18.8. The van der Waals surface area contributed by atoms with E-state index in [1.54, 1.807) is 0 Å². The molecular weight excluding hydrogens is 457 g/mol. The molecule has 33 heavy (non-hydrogen) atoms. The number of alkyl halides is 3. The van der Waals surface area contributed by atoms with E-state index in [0.29, 0.717) is 25.4 Å². The first-order chi connectivity index (χ1) is 15.6. The number of nitrogens with zero attached hydrogens (tertiary/aromatic N) is 2. The van der Waals surface area contributed by atoms with Crippen LogP contribution in [-0.4, -0.2) is 62.4 Å². The van der Waals surface area contributed by atoms with Gasteiger partial charge in [0.2, 0.25) is 10.0 Å². The summed E-state index contributed by atoms with van der Waals surface area (Å²) in [6.07, 6.45) is 0.295. The fourth-order valence-corrected chi connectivity index (χ4v) is 7.92. The van der Waals surface area contributed by atoms with E-state index < -0.39 is 21.8 Å². The Labute approximate surface area is 193 Å². The molecule has 0 amide bonds. The molecule has 0 aromatic heterocycles. The van der Waals surface area contributed by atoms with Crippen LogP contribution in [0.25, 0.3) is 0 Å². The number of halogens is 3. The van der Waals surface area contributed by atoms with Crippen LogP contribution in [0.1, 0.15) is 50.5 Å². The molecule has 4 rings (SSSR count). The van der Waals surface area contributed by atoms with Crippen molar-refractivity contribution in [3.05, 3.63) is 29.8 Å². The largest absolute Gasteiger partial charge is 0.469 e. The molecule has 3 aliphatic rings. The zero-order chi connectivity index (χ0) is 23.8. The maximum Gasteiger partial charge on any atom is 0.416 e. The number of carbonyl (C=O) groups excluding carboxylic acids is 1. The zero-order valence-corrected chi connectivity index (χ0v) is 19.6. The number of hydrogen-bond donors (Lipinski definition) is 0. The second-order valence-electron chi connectivity index (χ2n) is 9.37. The topological polar surface area (TPSA) is 66.9 Å². The van der Waals surface area contributed by atoms with Crippen LogP contribution in [0.3, 0.4) is 0 Å². The first-order valence-corrected chi connectivity index (χ1v) is 13.1. The molecule has 4 atom stereocenters. The number of hydrogen-bond acceptors (Lipinski definition) is 5. The van der Waals surface area contributed by atoms with Gasteiger partial charge in [-0.25, -0.2) is 8.42 Å². The number of rotatable bonds is 6. The van der Waals surface area contributed by atoms with E-state index in [4.69, 9.17) is 4.74 Å². The molecule has 3 heterocycles. The van der Waals surface area contributed by atoms with Gasteiger partial charge in [-0.05, 0) is 81.6 Å². The van der Waals surface area contributed by atoms with E-state index in [2.05, 4.69) is 4.90 Å². The first kappa shape index (κ1) is 24.5. The first-order valence-electron chi connectivity index (χ1n) is 11.6. The maximum atomic E-state index is 13.7. The quantitative estimate of drug-likeness (QED) is 0.568. The maximum absolute atomic E-state index is 13.7. The van der Waals surface area contributed by atoms with Gasteiger partial charge >= 0.3 is 12.1 Å². The molecule has 0 N–H and O–H groups in total. The van der Waals surface area contributed by atoms with Crippen molar-refractivity contribution in [1.29, 1.82) is 0 Å². The van der Waals surface area contributed by atoms with Gasteiger partial charge < -0.3 is 4.74 Å². The average molecular weight is 489 g/mol. The number of benzene rings is 1. The highest BCUT2D eigenvalue weighted by Gasteiger charge is 2.51. The van der Waals surface area contributed by atoms with E-state index in [1.807, 2.05) is 0 Å². The molecule has 0 aliphatic carbocycles. The summed E-state index contributed by atoms with van der Waals surface area (Å²) in [6, 6.07) is 3.97. The van der Waals surface area contributed by atoms with Gasteiger partial charge in [0.05, 0.1) is 17.6 Å². The molecule has 3 fully saturated rings. The molecule has 0 unspecified atom stereocenters. The third-order valence-electron chi connectivity index (χ3n) is 7.50. The van der Waals surface area contributed by atoms with Crippen molar-refractivity contribution < 1.29 is 31.1 Å². The van der Waals surface area contributed by atoms with Crippen molar-refractivity contribution in [2.24, 2.45) is 11.8 Å². The molecule has 1 aromatic rings. The van der Waals surface area contributed by atoms with Crippen molar-refractivity contribution in [3.8, 4) is 0 Å². The van der Waals surface area contributed by atoms with Gasteiger partial charge in [0, 0.05) is 25.0 Å². The molecule has 6 nitrogen and oxygen atoms in total. The number of carbonyl (C=O) groups is 1. The lowest BCUT2D eigenvalue weighted by atomic mass is 9.70. The molecule has 10 heteroatoms. The van der Waals surface area contributed by atoms with Crippen LogP contribution in [0.2, 0.25) is 0 Å². The lowest BCUT2D eigenvalue weighted by Crippen LogP contribution is -2.65. The Morgan fingerprint density at radius 2 is 1.91 bits per heavy atom. The highest BCUT2D eigenvalue weighted by Crippen LogP contribution is 2.45. The third kappa shape index (κ3) is 4.93. The van der Waals surface area contributed by atoms with Crippen LogP contribution in [-0.2, 0) is 25.7 Å². The monoisotopic (exact) mass is 488 g/mol. The summed E-state index contributed by atoms with van der Waals surface area (Å²) in [6.45, 7) is 2.32. The third-order valence-corrected chi connectivity index (χ3v) is 9.39. The lowest BCUT2D eigenvalue weighted by Gasteiger charge is -2.57. The molecular formula is C23H31F3N2O4S. The fourth-order valence-electron chi connectivity index (χ4n) is 6.12. The molecule has 0 radical (unpaired) electrons. The molecule has 3 aliphatic heterocycles. The molecule has 0 spiro atoms. The summed E-state index contributed by atoms with van der Waals surface area (Å²) in [5, 5.41) is 0. The van der Waals surface area contributed by atoms with E-state index in [0.717, 1.165) is 57.0 Å². The Morgan fingerprint density at radius 1 is 1.18 bits per heavy atom. The Bertz CT molecular complexity index is 967. The van der Waals surface area contributed by atoms with Gasteiger partial charge in [-0.15, -0.1) is 0 Å². The number of esters is 1. The average Bonchev–Trinajstić information content (AvgIpc) is 2.79. The summed E-state index contributed by atoms with van der Waals surface area (Å²) in [5.74, 6) is -0.0728. The summed E-state index contributed by atoms with van der Waals surface area (Å²) >= 11 is 0. The Hall–Kier alpha value is -1.65. The van der Waals surface area contributed by atoms with Gasteiger partial charge in [0.1, 0.15) is 0 Å². The van der Waals surface area contributed by atoms with Crippen LogP contribution in [0, 0.1) is 11.8 Å². The predicted molar refractivity (Wildman–Crippen MR) is 116 cm³/mol. The standard InChI is InChI=1S/C23H31F3N2O4S/c1-32-21(29)11-3-10-20-19-9-5-13-27-12-4-6-16(22(19)27)15-28(20)33(30,31)18-8-2-7-17(14-18)23(24,25)26/h2,7-8,14,16,19-20,22H,3-6,9-13,15H2,1H3/t16-,19-,20-,22+/m1/s1. The second kappa shape index (κ2) is 9.54. The molecule has 0 bridgehead atoms. The lowest BCUT2D eigenvalue weighted by molar-refractivity contribution is -0.141. The van der Waals surface area contributed by atoms with E-state index in [1.165, 1.54) is 17.5 Å². The SMILES string of the molecule is COC(=O)CCC[C@@H]1[C@H]2CCCN3CCC[C@H](CN1S(=O)(=O)c1cccc(C(F)(F)F)c1)[C@@H]23. The Kier molecular flexibility index (Phi) is 7.08. The van der Waals surface area contributed by atoms with Crippen LogP contribution in [0.15, 0.2) is 29.2 Å². The van der Waals surface area contributed by atoms with Gasteiger partial charge in [0.25, 0.3) is 0 Å². The normalized spacial score (nSPS) is 28.8. The minimum Gasteiger partial charge on any atom is -0.469 e. The smallest absolute Gasteiger partial charge is 0.416 e. The Balaban J connectivity index is 1.68. The summed E-state index contributed by atoms with van der Waals surface area (Å²) < 4.78 is 73.5. The van der Waals surface area contributed by atoms with Crippen LogP contribution >= 0.6 is 0 Å². The molecule has 184 valence electrons. The second-order valence-corrected chi connectivity index (χ2v) is 11.3. The van der Waals surface area contributed by atoms with Crippen molar-refractivity contribution in [2.45, 2.75) is 68.1 Å². The van der Waals surface area contributed by atoms with E-state index in [9.17, 15) is 26.4 Å². The minimum atomic E-state index is -4.62. The van der Waals surface area contributed by atoms with Crippen LogP contribution in [0.4, 0.5) is 13.2 Å². The predicted octanol–water partition coefficient (Wildman–Crippen LogP) is 3.91. The molecule has 1 aromatic carbocycles. The van der Waals surface area contributed by atoms with E-state index in [-0.39, 0.29) is 35.2 Å². The van der Waals surface area contributed by atoms with Gasteiger partial charge in [-0.3, -0.25) is 9.69 Å². The molecule has 0 saturated carbocycles. The van der Waals surface area contributed by atoms with Crippen LogP contribution < -0.4 is 0 Å². The number of ether oxygens (including phenoxy) is 1. The minimum absolute atomic E-state index is 0.107. The van der Waals surface area contributed by atoms with E-state index >= 15 is 0 Å². The van der Waals surface area contributed by atoms with Gasteiger partial charge in [-0.1, -0.05) is 6.07 Å². The number of piperidine rings is 3. The number of methoxy groups -OCH3 is 1. The van der Waals surface area contributed by atoms with Crippen molar-refractivity contribution in [1.82, 2.24) is 9.21 Å². The highest BCUT2D eigenvalue weighted by molar-refractivity contribution is 7.89. The van der Waals surface area contributed by atoms with Crippen molar-refractivity contribution in [2.75, 3.05) is 26.7 Å². The molecule has 3 saturated heterocycles. The fraction of sp³-hybridized carbons (Fsp3) is 0.696. The Morgan fingerprint density at radius 3 is 2.61 bits per heavy atom. The van der Waals surface area contributed by atoms with Crippen molar-refractivity contribution in [3.63, 3.8) is 0 Å². The summed E-state index contributed by atoms with van der Waals surface area (Å²) in [5.41, 5.74) is -0.970. The summed E-state index contributed by atoms with van der Waals surface area (Å²) in [7, 11) is -2.82. The van der Waals surface area contributed by atoms with Gasteiger partial charge in [-0.2, -0.15) is 17.5 Å². The van der Waals surface area contributed by atoms with Crippen molar-refractivity contribution >= 4 is 16.0 Å². The van der Waals surface area contributed by atoms with Crippen LogP contribution in [0.5, 0.6) is 0 Å². The summed E-state index contributed by atoms with van der Waals surface area (Å²) in [4.78, 5) is 13.8. The number of sulfonamides is 1. The van der Waals surface area contributed by atoms with Gasteiger partial charge in [0.15, 0.2) is 0 Å². The highest BCUT2D eigenvalue weighted by atomic mass is 32.2.